The summed E-state index contributed by atoms with van der Waals surface area (Å²) in [5.74, 6) is -0.278. The first-order chi connectivity index (χ1) is 9.65. The van der Waals surface area contributed by atoms with Crippen molar-refractivity contribution in [3.63, 3.8) is 0 Å². The van der Waals surface area contributed by atoms with E-state index in [1.54, 1.807) is 12.1 Å². The number of hydrogen-bond acceptors (Lipinski definition) is 2. The van der Waals surface area contributed by atoms with E-state index in [1.807, 2.05) is 6.07 Å². The molecule has 0 unspecified atom stereocenters. The zero-order valence-corrected chi connectivity index (χ0v) is 12.4. The lowest BCUT2D eigenvalue weighted by Gasteiger charge is -2.12. The van der Waals surface area contributed by atoms with Gasteiger partial charge in [0, 0.05) is 5.33 Å². The Labute approximate surface area is 124 Å². The van der Waals surface area contributed by atoms with Gasteiger partial charge in [-0.15, -0.1) is 0 Å². The van der Waals surface area contributed by atoms with Gasteiger partial charge in [-0.2, -0.15) is 0 Å². The van der Waals surface area contributed by atoms with Crippen LogP contribution in [0.4, 0.5) is 8.78 Å². The van der Waals surface area contributed by atoms with E-state index in [0.29, 0.717) is 16.8 Å². The Morgan fingerprint density at radius 2 is 1.75 bits per heavy atom. The lowest BCUT2D eigenvalue weighted by Crippen LogP contribution is -2.03. The fraction of sp³-hybridized carbons (Fsp3) is 0.200. The Morgan fingerprint density at radius 3 is 2.35 bits per heavy atom. The second-order valence-electron chi connectivity index (χ2n) is 4.11. The molecule has 0 fully saturated rings. The first-order valence-electron chi connectivity index (χ1n) is 5.94. The average molecular weight is 343 g/mol. The minimum absolute atomic E-state index is 0.0983. The Balaban J connectivity index is 2.22. The SMILES string of the molecule is COc1ccc(CBr)cc1OCc1c(F)cccc1F. The van der Waals surface area contributed by atoms with E-state index in [0.717, 1.165) is 5.56 Å². The summed E-state index contributed by atoms with van der Waals surface area (Å²) in [7, 11) is 1.51. The number of ether oxygens (including phenoxy) is 2. The molecule has 0 bridgehead atoms. The van der Waals surface area contributed by atoms with Gasteiger partial charge in [0.2, 0.25) is 0 Å². The largest absolute Gasteiger partial charge is 0.493 e. The first-order valence-corrected chi connectivity index (χ1v) is 7.06. The maximum absolute atomic E-state index is 13.5. The molecule has 106 valence electrons. The van der Waals surface area contributed by atoms with Gasteiger partial charge in [0.1, 0.15) is 18.2 Å². The van der Waals surface area contributed by atoms with Gasteiger partial charge in [-0.3, -0.25) is 0 Å². The van der Waals surface area contributed by atoms with Crippen molar-refractivity contribution in [2.24, 2.45) is 0 Å². The molecule has 0 spiro atoms. The van der Waals surface area contributed by atoms with Gasteiger partial charge in [-0.05, 0) is 29.8 Å². The van der Waals surface area contributed by atoms with E-state index in [4.69, 9.17) is 9.47 Å². The van der Waals surface area contributed by atoms with Crippen LogP contribution >= 0.6 is 15.9 Å². The first kappa shape index (κ1) is 14.8. The zero-order chi connectivity index (χ0) is 14.5. The van der Waals surface area contributed by atoms with Gasteiger partial charge in [0.25, 0.3) is 0 Å². The van der Waals surface area contributed by atoms with Crippen molar-refractivity contribution in [2.75, 3.05) is 7.11 Å². The molecular formula is C15H13BrF2O2. The number of methoxy groups -OCH3 is 1. The highest BCUT2D eigenvalue weighted by molar-refractivity contribution is 9.08. The standard InChI is InChI=1S/C15H13BrF2O2/c1-19-14-6-5-10(8-16)7-15(14)20-9-11-12(17)3-2-4-13(11)18/h2-7H,8-9H2,1H3. The van der Waals surface area contributed by atoms with E-state index >= 15 is 0 Å². The van der Waals surface area contributed by atoms with Gasteiger partial charge in [0.05, 0.1) is 12.7 Å². The molecule has 0 heterocycles. The maximum atomic E-state index is 13.5. The molecule has 0 amide bonds. The lowest BCUT2D eigenvalue weighted by atomic mass is 10.2. The van der Waals surface area contributed by atoms with Gasteiger partial charge >= 0.3 is 0 Å². The van der Waals surface area contributed by atoms with Gasteiger partial charge < -0.3 is 9.47 Å². The van der Waals surface area contributed by atoms with Crippen LogP contribution in [-0.4, -0.2) is 7.11 Å². The molecule has 0 aromatic heterocycles. The van der Waals surface area contributed by atoms with Crippen molar-refractivity contribution < 1.29 is 18.3 Å². The molecule has 2 aromatic carbocycles. The number of halogens is 3. The normalized spacial score (nSPS) is 10.4. The van der Waals surface area contributed by atoms with Crippen LogP contribution in [0.5, 0.6) is 11.5 Å². The predicted octanol–water partition coefficient (Wildman–Crippen LogP) is 4.45. The molecule has 0 saturated carbocycles. The highest BCUT2D eigenvalue weighted by atomic mass is 79.9. The van der Waals surface area contributed by atoms with Crippen LogP contribution in [0.1, 0.15) is 11.1 Å². The van der Waals surface area contributed by atoms with E-state index in [-0.39, 0.29) is 12.2 Å². The van der Waals surface area contributed by atoms with Crippen molar-refractivity contribution in [3.8, 4) is 11.5 Å². The van der Waals surface area contributed by atoms with Crippen molar-refractivity contribution >= 4 is 15.9 Å². The van der Waals surface area contributed by atoms with Gasteiger partial charge in [-0.25, -0.2) is 8.78 Å². The van der Waals surface area contributed by atoms with Crippen molar-refractivity contribution in [1.29, 1.82) is 0 Å². The fourth-order valence-electron chi connectivity index (χ4n) is 1.74. The summed E-state index contributed by atoms with van der Waals surface area (Å²) in [5.41, 5.74) is 0.883. The summed E-state index contributed by atoms with van der Waals surface area (Å²) in [6.45, 7) is -0.194. The van der Waals surface area contributed by atoms with E-state index in [2.05, 4.69) is 15.9 Å². The summed E-state index contributed by atoms with van der Waals surface area (Å²) < 4.78 is 37.7. The molecule has 2 rings (SSSR count). The van der Waals surface area contributed by atoms with Crippen molar-refractivity contribution in [3.05, 3.63) is 59.2 Å². The number of rotatable bonds is 5. The van der Waals surface area contributed by atoms with Crippen LogP contribution < -0.4 is 9.47 Å². The summed E-state index contributed by atoms with van der Waals surface area (Å²) >= 11 is 3.34. The van der Waals surface area contributed by atoms with Crippen LogP contribution in [0, 0.1) is 11.6 Å². The summed E-state index contributed by atoms with van der Waals surface area (Å²) in [6, 6.07) is 9.13. The Morgan fingerprint density at radius 1 is 1.05 bits per heavy atom. The van der Waals surface area contributed by atoms with Gasteiger partial charge in [-0.1, -0.05) is 28.1 Å². The lowest BCUT2D eigenvalue weighted by molar-refractivity contribution is 0.274. The summed E-state index contributed by atoms with van der Waals surface area (Å²) in [6.07, 6.45) is 0. The number of benzene rings is 2. The molecule has 2 aromatic rings. The number of hydrogen-bond donors (Lipinski definition) is 0. The molecule has 0 N–H and O–H groups in total. The zero-order valence-electron chi connectivity index (χ0n) is 10.8. The molecule has 0 atom stereocenters. The second-order valence-corrected chi connectivity index (χ2v) is 4.67. The molecule has 0 radical (unpaired) electrons. The third-order valence-corrected chi connectivity index (χ3v) is 3.46. The average Bonchev–Trinajstić information content (AvgIpc) is 2.46. The smallest absolute Gasteiger partial charge is 0.161 e. The predicted molar refractivity (Wildman–Crippen MR) is 76.3 cm³/mol. The van der Waals surface area contributed by atoms with Crippen LogP contribution in [-0.2, 0) is 11.9 Å². The van der Waals surface area contributed by atoms with Crippen LogP contribution in [0.2, 0.25) is 0 Å². The van der Waals surface area contributed by atoms with E-state index < -0.39 is 11.6 Å². The molecule has 20 heavy (non-hydrogen) atoms. The Hall–Kier alpha value is -1.62. The van der Waals surface area contributed by atoms with E-state index in [1.165, 1.54) is 25.3 Å². The van der Waals surface area contributed by atoms with Crippen LogP contribution in [0.25, 0.3) is 0 Å². The van der Waals surface area contributed by atoms with Crippen molar-refractivity contribution in [1.82, 2.24) is 0 Å². The summed E-state index contributed by atoms with van der Waals surface area (Å²) in [4.78, 5) is 0. The molecule has 5 heteroatoms. The highest BCUT2D eigenvalue weighted by Gasteiger charge is 2.11. The number of alkyl halides is 1. The topological polar surface area (TPSA) is 18.5 Å². The fourth-order valence-corrected chi connectivity index (χ4v) is 2.09. The highest BCUT2D eigenvalue weighted by Crippen LogP contribution is 2.30. The molecule has 0 aliphatic heterocycles. The third-order valence-electron chi connectivity index (χ3n) is 2.82. The van der Waals surface area contributed by atoms with Gasteiger partial charge in [0.15, 0.2) is 11.5 Å². The maximum Gasteiger partial charge on any atom is 0.161 e. The van der Waals surface area contributed by atoms with Crippen LogP contribution in [0.3, 0.4) is 0 Å². The summed E-state index contributed by atoms with van der Waals surface area (Å²) in [5, 5.41) is 0.654. The molecule has 0 saturated heterocycles. The molecular weight excluding hydrogens is 330 g/mol. The molecule has 2 nitrogen and oxygen atoms in total. The minimum atomic E-state index is -0.624. The van der Waals surface area contributed by atoms with E-state index in [9.17, 15) is 8.78 Å². The molecule has 0 aliphatic rings. The van der Waals surface area contributed by atoms with Crippen molar-refractivity contribution in [2.45, 2.75) is 11.9 Å². The Bertz CT molecular complexity index is 582. The minimum Gasteiger partial charge on any atom is -0.493 e. The quantitative estimate of drug-likeness (QED) is 0.747. The monoisotopic (exact) mass is 342 g/mol. The third kappa shape index (κ3) is 3.28. The molecule has 0 aliphatic carbocycles. The second kappa shape index (κ2) is 6.70. The Kier molecular flexibility index (Phi) is 4.95. The van der Waals surface area contributed by atoms with Crippen LogP contribution in [0.15, 0.2) is 36.4 Å².